The summed E-state index contributed by atoms with van der Waals surface area (Å²) >= 11 is 6.43. The normalized spacial score (nSPS) is 11.9. The van der Waals surface area contributed by atoms with E-state index in [2.05, 4.69) is 41.8 Å². The molecule has 5 nitrogen and oxygen atoms in total. The number of nitrogens with zero attached hydrogens (tertiary/aromatic N) is 1. The Bertz CT molecular complexity index is 717. The van der Waals surface area contributed by atoms with Gasteiger partial charge in [-0.1, -0.05) is 17.7 Å². The van der Waals surface area contributed by atoms with E-state index in [9.17, 15) is 8.42 Å². The maximum Gasteiger partial charge on any atom is 0.276 e. The first-order chi connectivity index (χ1) is 9.38. The average Bonchev–Trinajstić information content (AvgIpc) is 2.69. The fourth-order valence-corrected chi connectivity index (χ4v) is 2.76. The summed E-state index contributed by atoms with van der Waals surface area (Å²) in [7, 11) is -3.66. The molecule has 2 rings (SSSR count). The van der Waals surface area contributed by atoms with Crippen LogP contribution in [0.3, 0.4) is 0 Å². The molecule has 0 amide bonds. The highest BCUT2D eigenvalue weighted by Gasteiger charge is 2.12. The zero-order chi connectivity index (χ0) is 14.8. The van der Waals surface area contributed by atoms with Crippen LogP contribution < -0.4 is 4.83 Å². The number of furan rings is 1. The predicted octanol–water partition coefficient (Wildman–Crippen LogP) is 3.43. The number of rotatable bonds is 4. The Morgan fingerprint density at radius 1 is 1.25 bits per heavy atom. The van der Waals surface area contributed by atoms with Gasteiger partial charge in [0.2, 0.25) is 0 Å². The van der Waals surface area contributed by atoms with E-state index in [1.807, 2.05) is 6.92 Å². The summed E-state index contributed by atoms with van der Waals surface area (Å²) in [5, 5.41) is 3.67. The number of benzene rings is 1. The highest BCUT2D eigenvalue weighted by atomic mass is 79.9. The minimum atomic E-state index is -3.66. The molecule has 1 aromatic carbocycles. The van der Waals surface area contributed by atoms with Crippen LogP contribution in [0.4, 0.5) is 0 Å². The lowest BCUT2D eigenvalue weighted by atomic mass is 10.2. The lowest BCUT2D eigenvalue weighted by Gasteiger charge is -2.02. The summed E-state index contributed by atoms with van der Waals surface area (Å²) in [5.74, 6) is 0.412. The molecule has 1 aromatic heterocycles. The molecule has 1 heterocycles. The second-order valence-corrected chi connectivity index (χ2v) is 7.17. The number of hydrogen-bond acceptors (Lipinski definition) is 4. The summed E-state index contributed by atoms with van der Waals surface area (Å²) < 4.78 is 30.3. The maximum absolute atomic E-state index is 11.9. The van der Waals surface area contributed by atoms with Gasteiger partial charge in [-0.25, -0.2) is 0 Å². The van der Waals surface area contributed by atoms with E-state index in [-0.39, 0.29) is 4.90 Å². The Labute approximate surface area is 133 Å². The van der Waals surface area contributed by atoms with Crippen LogP contribution in [0.2, 0.25) is 0 Å². The van der Waals surface area contributed by atoms with E-state index in [1.165, 1.54) is 18.3 Å². The molecule has 1 N–H and O–H groups in total. The first-order valence-electron chi connectivity index (χ1n) is 5.45. The van der Waals surface area contributed by atoms with E-state index < -0.39 is 10.0 Å². The van der Waals surface area contributed by atoms with Crippen molar-refractivity contribution in [3.63, 3.8) is 0 Å². The lowest BCUT2D eigenvalue weighted by molar-refractivity contribution is 0.532. The second kappa shape index (κ2) is 6.11. The third kappa shape index (κ3) is 3.71. The van der Waals surface area contributed by atoms with Gasteiger partial charge in [0.15, 0.2) is 4.67 Å². The van der Waals surface area contributed by atoms with Crippen molar-refractivity contribution in [1.29, 1.82) is 0 Å². The average molecular weight is 422 g/mol. The van der Waals surface area contributed by atoms with Crippen molar-refractivity contribution in [3.05, 3.63) is 50.8 Å². The Morgan fingerprint density at radius 3 is 2.45 bits per heavy atom. The fourth-order valence-electron chi connectivity index (χ4n) is 1.36. The fraction of sp³-hybridized carbons (Fsp3) is 0.0833. The third-order valence-electron chi connectivity index (χ3n) is 2.36. The molecule has 2 aromatic rings. The second-order valence-electron chi connectivity index (χ2n) is 3.94. The van der Waals surface area contributed by atoms with Crippen molar-refractivity contribution in [1.82, 2.24) is 4.83 Å². The molecular formula is C12H10Br2N2O3S. The Hall–Kier alpha value is -1.12. The molecule has 0 aliphatic rings. The molecule has 20 heavy (non-hydrogen) atoms. The first kappa shape index (κ1) is 15.3. The summed E-state index contributed by atoms with van der Waals surface area (Å²) in [5.41, 5.74) is 0.984. The highest BCUT2D eigenvalue weighted by Crippen LogP contribution is 2.25. The van der Waals surface area contributed by atoms with Crippen LogP contribution in [0.25, 0.3) is 0 Å². The van der Waals surface area contributed by atoms with Crippen LogP contribution in [0, 0.1) is 6.92 Å². The smallest absolute Gasteiger partial charge is 0.276 e. The Kier molecular flexibility index (Phi) is 4.66. The number of halogens is 2. The monoisotopic (exact) mass is 420 g/mol. The maximum atomic E-state index is 11.9. The van der Waals surface area contributed by atoms with Gasteiger partial charge < -0.3 is 4.42 Å². The zero-order valence-electron chi connectivity index (χ0n) is 10.3. The van der Waals surface area contributed by atoms with Crippen molar-refractivity contribution in [2.75, 3.05) is 0 Å². The summed E-state index contributed by atoms with van der Waals surface area (Å²) in [6.45, 7) is 1.88. The quantitative estimate of drug-likeness (QED) is 0.607. The summed E-state index contributed by atoms with van der Waals surface area (Å²) in [6, 6.07) is 8.15. The van der Waals surface area contributed by atoms with E-state index in [4.69, 9.17) is 4.42 Å². The standard InChI is InChI=1S/C12H10Br2N2O3S/c1-8-2-4-10(5-3-8)20(17,18)16-15-7-9-6-11(13)12(14)19-9/h2-7,16H,1H3/b15-7+. The molecule has 8 heteroatoms. The van der Waals surface area contributed by atoms with E-state index in [1.54, 1.807) is 18.2 Å². The van der Waals surface area contributed by atoms with Crippen LogP contribution >= 0.6 is 31.9 Å². The Balaban J connectivity index is 2.11. The van der Waals surface area contributed by atoms with Gasteiger partial charge in [0, 0.05) is 6.07 Å². The van der Waals surface area contributed by atoms with Crippen LogP contribution in [0.1, 0.15) is 11.3 Å². The summed E-state index contributed by atoms with van der Waals surface area (Å²) in [6.07, 6.45) is 1.28. The molecule has 0 aliphatic heterocycles. The van der Waals surface area contributed by atoms with Gasteiger partial charge in [0.05, 0.1) is 15.6 Å². The third-order valence-corrected chi connectivity index (χ3v) is 5.31. The van der Waals surface area contributed by atoms with Crippen LogP contribution in [0.15, 0.2) is 53.9 Å². The van der Waals surface area contributed by atoms with Gasteiger partial charge in [0.25, 0.3) is 10.0 Å². The summed E-state index contributed by atoms with van der Waals surface area (Å²) in [4.78, 5) is 2.28. The SMILES string of the molecule is Cc1ccc(S(=O)(=O)N/N=C/c2cc(Br)c(Br)o2)cc1. The number of nitrogens with one attached hydrogen (secondary N) is 1. The van der Waals surface area contributed by atoms with Gasteiger partial charge in [0.1, 0.15) is 5.76 Å². The number of hydrazone groups is 1. The van der Waals surface area contributed by atoms with Crippen molar-refractivity contribution in [2.24, 2.45) is 5.10 Å². The minimum Gasteiger partial charge on any atom is -0.447 e. The van der Waals surface area contributed by atoms with E-state index >= 15 is 0 Å². The van der Waals surface area contributed by atoms with Gasteiger partial charge in [-0.05, 0) is 50.9 Å². The molecule has 0 bridgehead atoms. The predicted molar refractivity (Wildman–Crippen MR) is 83.2 cm³/mol. The number of sulfonamides is 1. The van der Waals surface area contributed by atoms with E-state index in [0.717, 1.165) is 10.0 Å². The minimum absolute atomic E-state index is 0.155. The molecule has 106 valence electrons. The van der Waals surface area contributed by atoms with Crippen molar-refractivity contribution in [3.8, 4) is 0 Å². The molecule has 0 unspecified atom stereocenters. The first-order valence-corrected chi connectivity index (χ1v) is 8.52. The van der Waals surface area contributed by atoms with Crippen LogP contribution in [-0.4, -0.2) is 14.6 Å². The van der Waals surface area contributed by atoms with Crippen molar-refractivity contribution < 1.29 is 12.8 Å². The van der Waals surface area contributed by atoms with Crippen LogP contribution in [0.5, 0.6) is 0 Å². The highest BCUT2D eigenvalue weighted by molar-refractivity contribution is 9.13. The van der Waals surface area contributed by atoms with Gasteiger partial charge in [-0.15, -0.1) is 0 Å². The van der Waals surface area contributed by atoms with Crippen molar-refractivity contribution in [2.45, 2.75) is 11.8 Å². The van der Waals surface area contributed by atoms with E-state index in [0.29, 0.717) is 10.4 Å². The molecular weight excluding hydrogens is 412 g/mol. The van der Waals surface area contributed by atoms with Gasteiger partial charge in [-0.2, -0.15) is 18.4 Å². The van der Waals surface area contributed by atoms with Gasteiger partial charge >= 0.3 is 0 Å². The number of hydrogen-bond donors (Lipinski definition) is 1. The molecule has 0 spiro atoms. The lowest BCUT2D eigenvalue weighted by Crippen LogP contribution is -2.18. The topological polar surface area (TPSA) is 71.7 Å². The van der Waals surface area contributed by atoms with Gasteiger partial charge in [-0.3, -0.25) is 0 Å². The largest absolute Gasteiger partial charge is 0.447 e. The molecule has 0 radical (unpaired) electrons. The molecule has 0 saturated heterocycles. The zero-order valence-corrected chi connectivity index (χ0v) is 14.3. The Morgan fingerprint density at radius 2 is 1.90 bits per heavy atom. The number of aryl methyl sites for hydroxylation is 1. The van der Waals surface area contributed by atoms with Crippen LogP contribution in [-0.2, 0) is 10.0 Å². The molecule has 0 atom stereocenters. The molecule has 0 aliphatic carbocycles. The van der Waals surface area contributed by atoms with Crippen molar-refractivity contribution >= 4 is 48.1 Å². The molecule has 0 saturated carbocycles. The molecule has 0 fully saturated rings.